The molecule has 0 saturated heterocycles. The summed E-state index contributed by atoms with van der Waals surface area (Å²) in [4.78, 5) is 2.35. The van der Waals surface area contributed by atoms with Crippen molar-refractivity contribution in [3.63, 3.8) is 0 Å². The highest BCUT2D eigenvalue weighted by Crippen LogP contribution is 2.41. The summed E-state index contributed by atoms with van der Waals surface area (Å²) in [5, 5.41) is 5.01. The van der Waals surface area contributed by atoms with Gasteiger partial charge in [0, 0.05) is 38.9 Å². The molecule has 0 aliphatic rings. The lowest BCUT2D eigenvalue weighted by Crippen LogP contribution is -2.10. The third kappa shape index (κ3) is 4.05. The fourth-order valence-electron chi connectivity index (χ4n) is 6.21. The molecule has 42 heavy (non-hydrogen) atoms. The van der Waals surface area contributed by atoms with Crippen molar-refractivity contribution in [3.05, 3.63) is 170 Å². The van der Waals surface area contributed by atoms with Crippen molar-refractivity contribution in [3.8, 4) is 16.8 Å². The van der Waals surface area contributed by atoms with Crippen molar-refractivity contribution < 1.29 is 0 Å². The van der Waals surface area contributed by atoms with Gasteiger partial charge in [-0.25, -0.2) is 0 Å². The summed E-state index contributed by atoms with van der Waals surface area (Å²) in [7, 11) is 0. The monoisotopic (exact) mass is 536 g/mol. The minimum atomic E-state index is 1.12. The highest BCUT2D eigenvalue weighted by atomic mass is 15.1. The Balaban J connectivity index is 1.37. The zero-order valence-electron chi connectivity index (χ0n) is 23.1. The quantitative estimate of drug-likeness (QED) is 0.212. The smallest absolute Gasteiger partial charge is 0.0619 e. The van der Waals surface area contributed by atoms with Gasteiger partial charge in [-0.2, -0.15) is 0 Å². The molecule has 0 fully saturated rings. The highest BCUT2D eigenvalue weighted by molar-refractivity contribution is 6.19. The summed E-state index contributed by atoms with van der Waals surface area (Å²) in [5.74, 6) is 0. The molecule has 0 atom stereocenters. The van der Waals surface area contributed by atoms with Crippen molar-refractivity contribution in [2.45, 2.75) is 0 Å². The van der Waals surface area contributed by atoms with E-state index in [1.807, 2.05) is 0 Å². The summed E-state index contributed by atoms with van der Waals surface area (Å²) >= 11 is 0. The van der Waals surface area contributed by atoms with E-state index in [9.17, 15) is 0 Å². The fourth-order valence-corrected chi connectivity index (χ4v) is 6.21. The third-order valence-corrected chi connectivity index (χ3v) is 8.16. The van der Waals surface area contributed by atoms with E-state index in [0.29, 0.717) is 0 Å². The molecule has 1 aromatic heterocycles. The highest BCUT2D eigenvalue weighted by Gasteiger charge is 2.18. The molecule has 0 bridgehead atoms. The first-order chi connectivity index (χ1) is 20.8. The van der Waals surface area contributed by atoms with Gasteiger partial charge in [-0.1, -0.05) is 121 Å². The fraction of sp³-hybridized carbons (Fsp3) is 0. The van der Waals surface area contributed by atoms with Gasteiger partial charge in [0.15, 0.2) is 0 Å². The number of hydrogen-bond acceptors (Lipinski definition) is 1. The van der Waals surface area contributed by atoms with Crippen LogP contribution in [0.3, 0.4) is 0 Å². The van der Waals surface area contributed by atoms with Gasteiger partial charge in [0.25, 0.3) is 0 Å². The van der Waals surface area contributed by atoms with Gasteiger partial charge in [-0.3, -0.25) is 0 Å². The van der Waals surface area contributed by atoms with Gasteiger partial charge < -0.3 is 9.47 Å². The van der Waals surface area contributed by atoms with Crippen molar-refractivity contribution >= 4 is 49.6 Å². The SMILES string of the molecule is c1ccc(-c2ccc(N(c3ccccc3)c3ccc4c5ccc6ccccc6c5n(-c5ccccc5)c4c3)cc2)cc1. The largest absolute Gasteiger partial charge is 0.310 e. The van der Waals surface area contributed by atoms with Crippen LogP contribution in [0.4, 0.5) is 17.1 Å². The standard InChI is InChI=1S/C40H28N2/c1-4-12-29(13-5-1)30-20-23-34(24-21-30)41(32-15-6-2-7-16-32)35-25-27-37-38-26-22-31-14-10-11-19-36(31)40(38)42(39(37)28-35)33-17-8-3-9-18-33/h1-28H. The molecule has 198 valence electrons. The van der Waals surface area contributed by atoms with Crippen LogP contribution in [-0.2, 0) is 0 Å². The summed E-state index contributed by atoms with van der Waals surface area (Å²) < 4.78 is 2.43. The molecule has 2 heteroatoms. The van der Waals surface area contributed by atoms with Crippen LogP contribution in [0.5, 0.6) is 0 Å². The van der Waals surface area contributed by atoms with Crippen LogP contribution in [-0.4, -0.2) is 4.57 Å². The van der Waals surface area contributed by atoms with Gasteiger partial charge in [0.2, 0.25) is 0 Å². The molecule has 0 amide bonds. The normalized spacial score (nSPS) is 11.3. The molecule has 1 heterocycles. The van der Waals surface area contributed by atoms with Crippen LogP contribution in [0, 0.1) is 0 Å². The zero-order chi connectivity index (χ0) is 27.9. The van der Waals surface area contributed by atoms with Crippen molar-refractivity contribution in [2.75, 3.05) is 4.90 Å². The Morgan fingerprint density at radius 2 is 0.952 bits per heavy atom. The van der Waals surface area contributed by atoms with Gasteiger partial charge >= 0.3 is 0 Å². The second-order valence-electron chi connectivity index (χ2n) is 10.6. The molecule has 0 N–H and O–H groups in total. The Labute approximate surface area is 245 Å². The Morgan fingerprint density at radius 1 is 0.381 bits per heavy atom. The van der Waals surface area contributed by atoms with E-state index in [1.165, 1.54) is 43.7 Å². The lowest BCUT2D eigenvalue weighted by atomic mass is 10.0. The molecule has 0 unspecified atom stereocenters. The topological polar surface area (TPSA) is 8.17 Å². The first-order valence-electron chi connectivity index (χ1n) is 14.4. The first-order valence-corrected chi connectivity index (χ1v) is 14.4. The van der Waals surface area contributed by atoms with Gasteiger partial charge in [-0.05, 0) is 65.0 Å². The number of fused-ring (bicyclic) bond motifs is 5. The first kappa shape index (κ1) is 24.2. The molecule has 0 radical (unpaired) electrons. The molecule has 0 spiro atoms. The number of benzene rings is 7. The lowest BCUT2D eigenvalue weighted by molar-refractivity contribution is 1.18. The molecule has 8 aromatic rings. The molecule has 0 aliphatic carbocycles. The summed E-state index contributed by atoms with van der Waals surface area (Å²) in [6.45, 7) is 0. The maximum atomic E-state index is 2.43. The van der Waals surface area contributed by atoms with E-state index in [4.69, 9.17) is 0 Å². The Hall–Kier alpha value is -5.60. The Bertz CT molecular complexity index is 2160. The summed E-state index contributed by atoms with van der Waals surface area (Å²) in [6.07, 6.45) is 0. The second-order valence-corrected chi connectivity index (χ2v) is 10.6. The predicted octanol–water partition coefficient (Wildman–Crippen LogP) is 11.1. The number of nitrogens with zero attached hydrogens (tertiary/aromatic N) is 2. The third-order valence-electron chi connectivity index (χ3n) is 8.16. The summed E-state index contributed by atoms with van der Waals surface area (Å²) in [6, 6.07) is 60.8. The minimum absolute atomic E-state index is 1.12. The van der Waals surface area contributed by atoms with Crippen LogP contribution in [0.1, 0.15) is 0 Å². The van der Waals surface area contributed by atoms with E-state index >= 15 is 0 Å². The molecular weight excluding hydrogens is 508 g/mol. The van der Waals surface area contributed by atoms with Crippen molar-refractivity contribution in [2.24, 2.45) is 0 Å². The van der Waals surface area contributed by atoms with Gasteiger partial charge in [0.1, 0.15) is 0 Å². The predicted molar refractivity (Wildman–Crippen MR) is 178 cm³/mol. The van der Waals surface area contributed by atoms with E-state index in [-0.39, 0.29) is 0 Å². The number of rotatable bonds is 5. The molecular formula is C40H28N2. The van der Waals surface area contributed by atoms with Crippen LogP contribution in [0.2, 0.25) is 0 Å². The average Bonchev–Trinajstić information content (AvgIpc) is 3.41. The molecule has 0 aliphatic heterocycles. The van der Waals surface area contributed by atoms with E-state index in [2.05, 4.69) is 179 Å². The zero-order valence-corrected chi connectivity index (χ0v) is 23.1. The minimum Gasteiger partial charge on any atom is -0.310 e. The van der Waals surface area contributed by atoms with Gasteiger partial charge in [0.05, 0.1) is 11.0 Å². The van der Waals surface area contributed by atoms with E-state index < -0.39 is 0 Å². The van der Waals surface area contributed by atoms with Crippen LogP contribution in [0.25, 0.3) is 49.4 Å². The molecule has 2 nitrogen and oxygen atoms in total. The van der Waals surface area contributed by atoms with E-state index in [1.54, 1.807) is 0 Å². The Morgan fingerprint density at radius 3 is 1.71 bits per heavy atom. The van der Waals surface area contributed by atoms with Gasteiger partial charge in [-0.15, -0.1) is 0 Å². The molecule has 7 aromatic carbocycles. The summed E-state index contributed by atoms with van der Waals surface area (Å²) in [5.41, 5.74) is 9.37. The van der Waals surface area contributed by atoms with Crippen molar-refractivity contribution in [1.82, 2.24) is 4.57 Å². The van der Waals surface area contributed by atoms with Crippen molar-refractivity contribution in [1.29, 1.82) is 0 Å². The molecule has 0 saturated carbocycles. The average molecular weight is 537 g/mol. The maximum absolute atomic E-state index is 2.43. The number of para-hydroxylation sites is 2. The number of hydrogen-bond donors (Lipinski definition) is 0. The number of aromatic nitrogens is 1. The Kier molecular flexibility index (Phi) is 5.82. The maximum Gasteiger partial charge on any atom is 0.0619 e. The number of anilines is 3. The van der Waals surface area contributed by atoms with Crippen LogP contribution in [0.15, 0.2) is 170 Å². The van der Waals surface area contributed by atoms with E-state index in [0.717, 1.165) is 22.7 Å². The second kappa shape index (κ2) is 10.1. The molecule has 8 rings (SSSR count). The van der Waals surface area contributed by atoms with Crippen LogP contribution < -0.4 is 4.90 Å². The lowest BCUT2D eigenvalue weighted by Gasteiger charge is -2.26. The van der Waals surface area contributed by atoms with Crippen LogP contribution >= 0.6 is 0 Å².